The predicted molar refractivity (Wildman–Crippen MR) is 76.4 cm³/mol. The predicted octanol–water partition coefficient (Wildman–Crippen LogP) is 2.13. The van der Waals surface area contributed by atoms with Crippen LogP contribution in [-0.2, 0) is 5.54 Å². The summed E-state index contributed by atoms with van der Waals surface area (Å²) in [6.45, 7) is 4.21. The topological polar surface area (TPSA) is 56.0 Å². The van der Waals surface area contributed by atoms with Crippen LogP contribution in [0.4, 0.5) is 0 Å². The quantitative estimate of drug-likeness (QED) is 0.741. The summed E-state index contributed by atoms with van der Waals surface area (Å²) in [6.07, 6.45) is 0. The van der Waals surface area contributed by atoms with E-state index in [1.807, 2.05) is 44.2 Å². The van der Waals surface area contributed by atoms with E-state index in [4.69, 9.17) is 5.11 Å². The molecule has 0 fully saturated rings. The van der Waals surface area contributed by atoms with Gasteiger partial charge >= 0.3 is 0 Å². The summed E-state index contributed by atoms with van der Waals surface area (Å²) in [5, 5.41) is 21.8. The molecule has 0 heterocycles. The Labute approximate surface area is 113 Å². The number of aliphatic hydroxyl groups excluding tert-OH is 1. The number of hydrogen-bond acceptors (Lipinski definition) is 4. The number of nitrogens with one attached hydrogen (secondary N) is 1. The second-order valence-electron chi connectivity index (χ2n) is 4.46. The fourth-order valence-corrected chi connectivity index (χ4v) is 2.74. The summed E-state index contributed by atoms with van der Waals surface area (Å²) in [5.41, 5.74) is 0.293. The maximum atomic E-state index is 9.59. The Kier molecular flexibility index (Phi) is 6.20. The molecule has 2 N–H and O–H groups in total. The van der Waals surface area contributed by atoms with Gasteiger partial charge in [-0.2, -0.15) is 17.0 Å². The van der Waals surface area contributed by atoms with Crippen molar-refractivity contribution in [2.24, 2.45) is 0 Å². The molecule has 0 amide bonds. The Morgan fingerprint density at radius 3 is 2.56 bits per heavy atom. The second kappa shape index (κ2) is 7.42. The van der Waals surface area contributed by atoms with Crippen molar-refractivity contribution in [3.63, 3.8) is 0 Å². The van der Waals surface area contributed by atoms with Crippen molar-refractivity contribution >= 4 is 11.8 Å². The highest BCUT2D eigenvalue weighted by atomic mass is 32.2. The molecule has 0 radical (unpaired) electrons. The maximum absolute atomic E-state index is 9.59. The Morgan fingerprint density at radius 1 is 1.39 bits per heavy atom. The monoisotopic (exact) mass is 264 g/mol. The molecular weight excluding hydrogens is 244 g/mol. The lowest BCUT2D eigenvalue weighted by Crippen LogP contribution is -2.47. The first kappa shape index (κ1) is 15.0. The molecule has 0 aliphatic carbocycles. The SMILES string of the molecule is CC(C)NC(C#N)(CSCCO)c1ccccc1. The molecule has 98 valence electrons. The van der Waals surface area contributed by atoms with Crippen molar-refractivity contribution in [2.75, 3.05) is 18.1 Å². The molecule has 18 heavy (non-hydrogen) atoms. The highest BCUT2D eigenvalue weighted by molar-refractivity contribution is 7.99. The third-order valence-corrected chi connectivity index (χ3v) is 3.66. The van der Waals surface area contributed by atoms with E-state index in [0.717, 1.165) is 5.56 Å². The summed E-state index contributed by atoms with van der Waals surface area (Å²) < 4.78 is 0. The van der Waals surface area contributed by atoms with Gasteiger partial charge < -0.3 is 5.11 Å². The maximum Gasteiger partial charge on any atom is 0.141 e. The molecule has 3 nitrogen and oxygen atoms in total. The Morgan fingerprint density at radius 2 is 2.06 bits per heavy atom. The molecule has 1 aromatic rings. The largest absolute Gasteiger partial charge is 0.396 e. The van der Waals surface area contributed by atoms with Gasteiger partial charge in [0.1, 0.15) is 5.54 Å². The van der Waals surface area contributed by atoms with Crippen molar-refractivity contribution in [2.45, 2.75) is 25.4 Å². The van der Waals surface area contributed by atoms with Gasteiger partial charge in [-0.05, 0) is 19.4 Å². The summed E-state index contributed by atoms with van der Waals surface area (Å²) in [4.78, 5) is 0. The standard InChI is InChI=1S/C14H20N2OS/c1-12(2)16-14(10-15,11-18-9-8-17)13-6-4-3-5-7-13/h3-7,12,16-17H,8-9,11H2,1-2H3. The zero-order chi connectivity index (χ0) is 13.4. The molecule has 0 saturated heterocycles. The number of hydrogen-bond donors (Lipinski definition) is 2. The zero-order valence-electron chi connectivity index (χ0n) is 10.9. The van der Waals surface area contributed by atoms with Crippen molar-refractivity contribution in [3.05, 3.63) is 35.9 Å². The van der Waals surface area contributed by atoms with E-state index in [1.54, 1.807) is 11.8 Å². The number of nitrogens with zero attached hydrogens (tertiary/aromatic N) is 1. The van der Waals surface area contributed by atoms with Crippen LogP contribution in [0.1, 0.15) is 19.4 Å². The fourth-order valence-electron chi connectivity index (χ4n) is 1.84. The molecule has 0 spiro atoms. The van der Waals surface area contributed by atoms with E-state index in [2.05, 4.69) is 11.4 Å². The van der Waals surface area contributed by atoms with E-state index >= 15 is 0 Å². The van der Waals surface area contributed by atoms with Gasteiger partial charge in [0.2, 0.25) is 0 Å². The van der Waals surface area contributed by atoms with E-state index < -0.39 is 5.54 Å². The smallest absolute Gasteiger partial charge is 0.141 e. The molecule has 0 aliphatic heterocycles. The highest BCUT2D eigenvalue weighted by Crippen LogP contribution is 2.25. The molecule has 1 unspecified atom stereocenters. The molecule has 0 aromatic heterocycles. The number of thioether (sulfide) groups is 1. The molecule has 1 atom stereocenters. The normalized spacial score (nSPS) is 14.2. The van der Waals surface area contributed by atoms with Crippen molar-refractivity contribution in [3.8, 4) is 6.07 Å². The molecule has 0 aliphatic rings. The lowest BCUT2D eigenvalue weighted by Gasteiger charge is -2.30. The van der Waals surface area contributed by atoms with Gasteiger partial charge in [0.25, 0.3) is 0 Å². The first-order valence-electron chi connectivity index (χ1n) is 6.07. The van der Waals surface area contributed by atoms with Crippen molar-refractivity contribution < 1.29 is 5.11 Å². The van der Waals surface area contributed by atoms with E-state index in [0.29, 0.717) is 11.5 Å². The minimum Gasteiger partial charge on any atom is -0.396 e. The summed E-state index contributed by atoms with van der Waals surface area (Å²) >= 11 is 1.59. The van der Waals surface area contributed by atoms with Crippen LogP contribution in [-0.4, -0.2) is 29.3 Å². The highest BCUT2D eigenvalue weighted by Gasteiger charge is 2.32. The first-order chi connectivity index (χ1) is 8.64. The van der Waals surface area contributed by atoms with Crippen LogP contribution in [0.2, 0.25) is 0 Å². The van der Waals surface area contributed by atoms with Gasteiger partial charge in [0.15, 0.2) is 0 Å². The lowest BCUT2D eigenvalue weighted by molar-refractivity contribution is 0.322. The van der Waals surface area contributed by atoms with E-state index in [9.17, 15) is 5.26 Å². The van der Waals surface area contributed by atoms with Crippen molar-refractivity contribution in [1.82, 2.24) is 5.32 Å². The number of aliphatic hydroxyl groups is 1. The zero-order valence-corrected chi connectivity index (χ0v) is 11.7. The third-order valence-electron chi connectivity index (χ3n) is 2.55. The third kappa shape index (κ3) is 4.02. The summed E-state index contributed by atoms with van der Waals surface area (Å²) in [7, 11) is 0. The first-order valence-corrected chi connectivity index (χ1v) is 7.23. The summed E-state index contributed by atoms with van der Waals surface area (Å²) in [5.74, 6) is 1.28. The Balaban J connectivity index is 2.95. The lowest BCUT2D eigenvalue weighted by atomic mass is 9.92. The fraction of sp³-hybridized carbons (Fsp3) is 0.500. The van der Waals surface area contributed by atoms with E-state index in [1.165, 1.54) is 0 Å². The van der Waals surface area contributed by atoms with Crippen LogP contribution >= 0.6 is 11.8 Å². The van der Waals surface area contributed by atoms with Gasteiger partial charge in [-0.3, -0.25) is 5.32 Å². The number of benzene rings is 1. The van der Waals surface area contributed by atoms with Crippen molar-refractivity contribution in [1.29, 1.82) is 5.26 Å². The van der Waals surface area contributed by atoms with Crippen LogP contribution in [0.15, 0.2) is 30.3 Å². The molecule has 0 saturated carbocycles. The minimum absolute atomic E-state index is 0.142. The van der Waals surface area contributed by atoms with Gasteiger partial charge in [0.05, 0.1) is 12.7 Å². The Bertz CT molecular complexity index is 389. The van der Waals surface area contributed by atoms with Gasteiger partial charge in [-0.25, -0.2) is 0 Å². The molecule has 1 rings (SSSR count). The molecular formula is C14H20N2OS. The minimum atomic E-state index is -0.685. The number of nitriles is 1. The second-order valence-corrected chi connectivity index (χ2v) is 5.56. The summed E-state index contributed by atoms with van der Waals surface area (Å²) in [6, 6.07) is 12.4. The molecule has 4 heteroatoms. The van der Waals surface area contributed by atoms with Gasteiger partial charge in [-0.15, -0.1) is 0 Å². The van der Waals surface area contributed by atoms with Crippen LogP contribution in [0.5, 0.6) is 0 Å². The van der Waals surface area contributed by atoms with Gasteiger partial charge in [-0.1, -0.05) is 30.3 Å². The average Bonchev–Trinajstić information content (AvgIpc) is 2.38. The van der Waals surface area contributed by atoms with Crippen LogP contribution in [0, 0.1) is 11.3 Å². The van der Waals surface area contributed by atoms with Gasteiger partial charge in [0, 0.05) is 17.5 Å². The Hall–Kier alpha value is -1.02. The van der Waals surface area contributed by atoms with E-state index in [-0.39, 0.29) is 12.6 Å². The van der Waals surface area contributed by atoms with Crippen LogP contribution in [0.25, 0.3) is 0 Å². The number of rotatable bonds is 7. The van der Waals surface area contributed by atoms with Crippen LogP contribution < -0.4 is 5.32 Å². The molecule has 0 bridgehead atoms. The molecule has 1 aromatic carbocycles. The van der Waals surface area contributed by atoms with Crippen LogP contribution in [0.3, 0.4) is 0 Å². The average molecular weight is 264 g/mol.